The van der Waals surface area contributed by atoms with Gasteiger partial charge < -0.3 is 10.6 Å². The van der Waals surface area contributed by atoms with Crippen molar-refractivity contribution in [1.29, 1.82) is 0 Å². The molecule has 0 aliphatic carbocycles. The first-order valence-corrected chi connectivity index (χ1v) is 11.5. The Balaban J connectivity index is 1.98. The molecule has 2 aromatic carbocycles. The Morgan fingerprint density at radius 2 is 1.93 bits per heavy atom. The van der Waals surface area contributed by atoms with Gasteiger partial charge in [-0.15, -0.1) is 0 Å². The number of carbonyl (C=O) groups is 2. The lowest BCUT2D eigenvalue weighted by Gasteiger charge is -2.24. The molecule has 0 spiro atoms. The predicted molar refractivity (Wildman–Crippen MR) is 117 cm³/mol. The lowest BCUT2D eigenvalue weighted by atomic mass is 10.0. The number of ketones is 1. The fraction of sp³-hybridized carbons (Fsp3) is 0.364. The molecule has 5 nitrogen and oxygen atoms in total. The number of nitrogens with two attached hydrogens (primary N) is 1. The second-order valence-corrected chi connectivity index (χ2v) is 9.13. The minimum atomic E-state index is -1.41. The Kier molecular flexibility index (Phi) is 7.22. The van der Waals surface area contributed by atoms with E-state index in [1.54, 1.807) is 30.3 Å². The van der Waals surface area contributed by atoms with E-state index in [9.17, 15) is 13.8 Å². The van der Waals surface area contributed by atoms with Gasteiger partial charge in [-0.2, -0.15) is 0 Å². The van der Waals surface area contributed by atoms with E-state index in [2.05, 4.69) is 6.92 Å². The highest BCUT2D eigenvalue weighted by Gasteiger charge is 2.32. The lowest BCUT2D eigenvalue weighted by molar-refractivity contribution is -0.119. The van der Waals surface area contributed by atoms with E-state index in [1.165, 1.54) is 4.90 Å². The van der Waals surface area contributed by atoms with Gasteiger partial charge in [0.15, 0.2) is 5.78 Å². The topological polar surface area (TPSA) is 80.5 Å². The number of rotatable bonds is 7. The van der Waals surface area contributed by atoms with Crippen molar-refractivity contribution in [3.8, 4) is 0 Å². The smallest absolute Gasteiger partial charge is 0.245 e. The average molecular weight is 433 g/mol. The molecule has 2 N–H and O–H groups in total. The van der Waals surface area contributed by atoms with Crippen LogP contribution in [-0.4, -0.2) is 27.7 Å². The Morgan fingerprint density at radius 1 is 1.21 bits per heavy atom. The molecule has 0 saturated heterocycles. The average Bonchev–Trinajstić information content (AvgIpc) is 2.80. The van der Waals surface area contributed by atoms with Crippen LogP contribution in [0.25, 0.3) is 0 Å². The van der Waals surface area contributed by atoms with Crippen LogP contribution in [0.2, 0.25) is 5.02 Å². The molecule has 2 atom stereocenters. The fourth-order valence-corrected chi connectivity index (χ4v) is 4.75. The molecule has 0 bridgehead atoms. The summed E-state index contributed by atoms with van der Waals surface area (Å²) in [6.07, 6.45) is 3.32. The standard InChI is InChI=1S/C22H25ClN2O3S/c1-2-3-4-5-20(26)16-8-11-21-19(12-16)25(22(27)18(24)14-29(21)28)13-15-6-9-17(23)10-7-15/h6-12,18H,2-5,13-14,24H2,1H3/t18-,29?/m0/s1. The maximum absolute atomic E-state index is 13.0. The zero-order valence-electron chi connectivity index (χ0n) is 16.4. The second kappa shape index (κ2) is 9.65. The first-order chi connectivity index (χ1) is 13.9. The number of hydrogen-bond acceptors (Lipinski definition) is 4. The molecular formula is C22H25ClN2O3S. The van der Waals surface area contributed by atoms with Gasteiger partial charge in [0.25, 0.3) is 0 Å². The van der Waals surface area contributed by atoms with Crippen molar-refractivity contribution in [3.05, 3.63) is 58.6 Å². The summed E-state index contributed by atoms with van der Waals surface area (Å²) in [6, 6.07) is 11.4. The van der Waals surface area contributed by atoms with Crippen molar-refractivity contribution in [2.24, 2.45) is 5.73 Å². The zero-order chi connectivity index (χ0) is 21.0. The van der Waals surface area contributed by atoms with Crippen molar-refractivity contribution >= 4 is 39.8 Å². The molecular weight excluding hydrogens is 408 g/mol. The summed E-state index contributed by atoms with van der Waals surface area (Å²) >= 11 is 5.96. The van der Waals surface area contributed by atoms with E-state index >= 15 is 0 Å². The van der Waals surface area contributed by atoms with E-state index in [0.29, 0.717) is 27.6 Å². The van der Waals surface area contributed by atoms with E-state index in [4.69, 9.17) is 17.3 Å². The number of Topliss-reactive ketones (excluding diaryl/α,β-unsaturated/α-hetero) is 1. The molecule has 0 saturated carbocycles. The summed E-state index contributed by atoms with van der Waals surface area (Å²) in [4.78, 5) is 27.6. The van der Waals surface area contributed by atoms with E-state index in [-0.39, 0.29) is 24.0 Å². The minimum absolute atomic E-state index is 0.0273. The highest BCUT2D eigenvalue weighted by atomic mass is 35.5. The van der Waals surface area contributed by atoms with Gasteiger partial charge in [-0.05, 0) is 36.2 Å². The van der Waals surface area contributed by atoms with Gasteiger partial charge in [-0.3, -0.25) is 13.8 Å². The number of amides is 1. The van der Waals surface area contributed by atoms with Crippen LogP contribution >= 0.6 is 11.6 Å². The van der Waals surface area contributed by atoms with Crippen LogP contribution in [0.4, 0.5) is 5.69 Å². The number of benzene rings is 2. The summed E-state index contributed by atoms with van der Waals surface area (Å²) in [6.45, 7) is 2.35. The number of unbranched alkanes of at least 4 members (excludes halogenated alkanes) is 2. The molecule has 1 amide bonds. The zero-order valence-corrected chi connectivity index (χ0v) is 18.0. The Morgan fingerprint density at radius 3 is 2.62 bits per heavy atom. The number of carbonyl (C=O) groups excluding carboxylic acids is 2. The van der Waals surface area contributed by atoms with E-state index in [0.717, 1.165) is 24.8 Å². The first-order valence-electron chi connectivity index (χ1n) is 9.77. The molecule has 7 heteroatoms. The van der Waals surface area contributed by atoms with E-state index < -0.39 is 16.8 Å². The third-order valence-corrected chi connectivity index (χ3v) is 6.74. The SMILES string of the molecule is CCCCCC(=O)c1ccc2c(c1)N(Cc1ccc(Cl)cc1)C(=O)[C@@H](N)CS2=O. The Bertz CT molecular complexity index is 930. The van der Waals surface area contributed by atoms with Crippen LogP contribution in [-0.2, 0) is 22.1 Å². The van der Waals surface area contributed by atoms with Crippen molar-refractivity contribution in [2.45, 2.75) is 50.1 Å². The van der Waals surface area contributed by atoms with Gasteiger partial charge in [0.1, 0.15) is 0 Å². The molecule has 1 unspecified atom stereocenters. The van der Waals surface area contributed by atoms with Gasteiger partial charge in [0, 0.05) is 17.0 Å². The third-order valence-electron chi connectivity index (χ3n) is 4.99. The molecule has 0 aromatic heterocycles. The number of nitrogens with zero attached hydrogens (tertiary/aromatic N) is 1. The normalized spacial score (nSPS) is 19.0. The summed E-state index contributed by atoms with van der Waals surface area (Å²) in [5.74, 6) is -0.214. The Labute approximate surface area is 178 Å². The molecule has 1 heterocycles. The number of fused-ring (bicyclic) bond motifs is 1. The molecule has 0 fully saturated rings. The van der Waals surface area contributed by atoms with Gasteiger partial charge in [-0.1, -0.05) is 49.6 Å². The van der Waals surface area contributed by atoms with Crippen molar-refractivity contribution in [2.75, 3.05) is 10.7 Å². The summed E-state index contributed by atoms with van der Waals surface area (Å²) in [5.41, 5.74) is 7.92. The monoisotopic (exact) mass is 432 g/mol. The summed E-state index contributed by atoms with van der Waals surface area (Å²) in [5, 5.41) is 0.606. The highest BCUT2D eigenvalue weighted by molar-refractivity contribution is 7.85. The molecule has 1 aliphatic heterocycles. The second-order valence-electron chi connectivity index (χ2n) is 7.23. The maximum Gasteiger partial charge on any atom is 0.245 e. The number of hydrogen-bond donors (Lipinski definition) is 1. The van der Waals surface area contributed by atoms with Crippen LogP contribution in [0.3, 0.4) is 0 Å². The quantitative estimate of drug-likeness (QED) is 0.528. The molecule has 0 radical (unpaired) electrons. The molecule has 2 aromatic rings. The molecule has 154 valence electrons. The van der Waals surface area contributed by atoms with Crippen molar-refractivity contribution in [1.82, 2.24) is 0 Å². The summed E-state index contributed by atoms with van der Waals surface area (Å²) in [7, 11) is -1.41. The number of anilines is 1. The van der Waals surface area contributed by atoms with Crippen LogP contribution in [0.5, 0.6) is 0 Å². The van der Waals surface area contributed by atoms with Gasteiger partial charge in [-0.25, -0.2) is 0 Å². The maximum atomic E-state index is 13.0. The fourth-order valence-electron chi connectivity index (χ4n) is 3.35. The lowest BCUT2D eigenvalue weighted by Crippen LogP contribution is -2.44. The minimum Gasteiger partial charge on any atom is -0.319 e. The Hall–Kier alpha value is -2.02. The summed E-state index contributed by atoms with van der Waals surface area (Å²) < 4.78 is 12.7. The van der Waals surface area contributed by atoms with Crippen LogP contribution in [0.1, 0.15) is 48.5 Å². The van der Waals surface area contributed by atoms with Crippen LogP contribution in [0.15, 0.2) is 47.4 Å². The van der Waals surface area contributed by atoms with E-state index in [1.807, 2.05) is 12.1 Å². The van der Waals surface area contributed by atoms with Gasteiger partial charge in [0.05, 0.1) is 39.7 Å². The molecule has 1 aliphatic rings. The molecule has 29 heavy (non-hydrogen) atoms. The van der Waals surface area contributed by atoms with Crippen molar-refractivity contribution < 1.29 is 13.8 Å². The number of halogens is 1. The highest BCUT2D eigenvalue weighted by Crippen LogP contribution is 2.31. The van der Waals surface area contributed by atoms with Gasteiger partial charge >= 0.3 is 0 Å². The third kappa shape index (κ3) is 5.13. The predicted octanol–water partition coefficient (Wildman–Crippen LogP) is 4.08. The van der Waals surface area contributed by atoms with Crippen molar-refractivity contribution in [3.63, 3.8) is 0 Å². The largest absolute Gasteiger partial charge is 0.319 e. The van der Waals surface area contributed by atoms with Gasteiger partial charge in [0.2, 0.25) is 5.91 Å². The molecule has 3 rings (SSSR count). The van der Waals surface area contributed by atoms with Crippen LogP contribution in [0, 0.1) is 0 Å². The van der Waals surface area contributed by atoms with Crippen LogP contribution < -0.4 is 10.6 Å². The first kappa shape index (κ1) is 21.7.